The van der Waals surface area contributed by atoms with Crippen molar-refractivity contribution in [3.05, 3.63) is 48.0 Å². The van der Waals surface area contributed by atoms with E-state index in [-0.39, 0.29) is 0 Å². The zero-order chi connectivity index (χ0) is 13.0. The van der Waals surface area contributed by atoms with Crippen LogP contribution in [-0.2, 0) is 20.0 Å². The fraction of sp³-hybridized carbons (Fsp3) is 0.357. The first-order valence-corrected chi connectivity index (χ1v) is 6.14. The van der Waals surface area contributed by atoms with E-state index in [0.29, 0.717) is 0 Å². The molecule has 4 nitrogen and oxygen atoms in total. The summed E-state index contributed by atoms with van der Waals surface area (Å²) in [4.78, 5) is 6.61. The first-order chi connectivity index (χ1) is 8.65. The van der Waals surface area contributed by atoms with Crippen LogP contribution in [0.1, 0.15) is 11.4 Å². The van der Waals surface area contributed by atoms with E-state index < -0.39 is 0 Å². The summed E-state index contributed by atoms with van der Waals surface area (Å²) in [5.41, 5.74) is 7.85. The summed E-state index contributed by atoms with van der Waals surface area (Å²) in [5.74, 6) is 1.12. The number of hydrogen-bond donors (Lipinski definition) is 1. The van der Waals surface area contributed by atoms with Crippen LogP contribution in [0.25, 0.3) is 0 Å². The number of likely N-dealkylation sites (N-methyl/N-ethyl adjacent to an activating group) is 1. The molecule has 0 radical (unpaired) electrons. The van der Waals surface area contributed by atoms with Crippen molar-refractivity contribution >= 4 is 5.69 Å². The van der Waals surface area contributed by atoms with Gasteiger partial charge in [0.15, 0.2) is 0 Å². The SMILES string of the molecule is CN(CCc1nccn1C)Cc1cccc(N)c1. The van der Waals surface area contributed by atoms with Gasteiger partial charge in [-0.2, -0.15) is 0 Å². The summed E-state index contributed by atoms with van der Waals surface area (Å²) in [6.45, 7) is 1.90. The molecule has 0 atom stereocenters. The molecular weight excluding hydrogens is 224 g/mol. The number of nitrogen functional groups attached to an aromatic ring is 1. The fourth-order valence-corrected chi connectivity index (χ4v) is 2.01. The topological polar surface area (TPSA) is 47.1 Å². The van der Waals surface area contributed by atoms with Gasteiger partial charge in [0.25, 0.3) is 0 Å². The average molecular weight is 244 g/mol. The molecule has 0 fully saturated rings. The number of anilines is 1. The molecule has 2 N–H and O–H groups in total. The van der Waals surface area contributed by atoms with Crippen LogP contribution >= 0.6 is 0 Å². The van der Waals surface area contributed by atoms with E-state index in [4.69, 9.17) is 5.73 Å². The highest BCUT2D eigenvalue weighted by Gasteiger charge is 2.04. The highest BCUT2D eigenvalue weighted by Crippen LogP contribution is 2.09. The molecule has 0 aliphatic heterocycles. The number of benzene rings is 1. The Morgan fingerprint density at radius 3 is 2.89 bits per heavy atom. The number of rotatable bonds is 5. The molecule has 96 valence electrons. The first kappa shape index (κ1) is 12.6. The van der Waals surface area contributed by atoms with Crippen LogP contribution in [-0.4, -0.2) is 28.0 Å². The lowest BCUT2D eigenvalue weighted by Crippen LogP contribution is -2.21. The molecule has 2 rings (SSSR count). The van der Waals surface area contributed by atoms with E-state index in [9.17, 15) is 0 Å². The molecule has 0 spiro atoms. The van der Waals surface area contributed by atoms with Crippen molar-refractivity contribution < 1.29 is 0 Å². The van der Waals surface area contributed by atoms with Crippen molar-refractivity contribution in [2.75, 3.05) is 19.3 Å². The molecule has 0 aliphatic rings. The standard InChI is InChI=1S/C14H20N4/c1-17(8-6-14-16-7-9-18(14)2)11-12-4-3-5-13(15)10-12/h3-5,7,9-10H,6,8,11,15H2,1-2H3. The Kier molecular flexibility index (Phi) is 3.99. The van der Waals surface area contributed by atoms with Gasteiger partial charge >= 0.3 is 0 Å². The molecule has 0 saturated heterocycles. The normalized spacial score (nSPS) is 11.1. The number of nitrogens with two attached hydrogens (primary N) is 1. The molecule has 1 aromatic carbocycles. The number of nitrogens with zero attached hydrogens (tertiary/aromatic N) is 3. The maximum atomic E-state index is 5.77. The van der Waals surface area contributed by atoms with E-state index in [1.807, 2.05) is 37.6 Å². The van der Waals surface area contributed by atoms with Crippen LogP contribution in [0.3, 0.4) is 0 Å². The lowest BCUT2D eigenvalue weighted by molar-refractivity contribution is 0.327. The summed E-state index contributed by atoms with van der Waals surface area (Å²) in [6.07, 6.45) is 4.78. The lowest BCUT2D eigenvalue weighted by atomic mass is 10.2. The van der Waals surface area contributed by atoms with E-state index in [0.717, 1.165) is 31.0 Å². The minimum Gasteiger partial charge on any atom is -0.399 e. The van der Waals surface area contributed by atoms with E-state index >= 15 is 0 Å². The summed E-state index contributed by atoms with van der Waals surface area (Å²) in [7, 11) is 4.15. The second kappa shape index (κ2) is 5.69. The van der Waals surface area contributed by atoms with Crippen molar-refractivity contribution in [3.63, 3.8) is 0 Å². The minimum absolute atomic E-state index is 0.824. The van der Waals surface area contributed by atoms with Crippen molar-refractivity contribution in [3.8, 4) is 0 Å². The number of aryl methyl sites for hydroxylation is 1. The molecule has 0 amide bonds. The van der Waals surface area contributed by atoms with Crippen molar-refractivity contribution in [1.29, 1.82) is 0 Å². The highest BCUT2D eigenvalue weighted by atomic mass is 15.1. The molecule has 1 aromatic heterocycles. The summed E-state index contributed by atoms with van der Waals surface area (Å²) in [5, 5.41) is 0. The molecule has 0 bridgehead atoms. The smallest absolute Gasteiger partial charge is 0.109 e. The molecule has 18 heavy (non-hydrogen) atoms. The van der Waals surface area contributed by atoms with Gasteiger partial charge in [-0.1, -0.05) is 12.1 Å². The number of aromatic nitrogens is 2. The third-order valence-corrected chi connectivity index (χ3v) is 3.04. The zero-order valence-corrected chi connectivity index (χ0v) is 11.0. The maximum Gasteiger partial charge on any atom is 0.109 e. The Hall–Kier alpha value is -1.81. The largest absolute Gasteiger partial charge is 0.399 e. The second-order valence-corrected chi connectivity index (χ2v) is 4.69. The number of hydrogen-bond acceptors (Lipinski definition) is 3. The van der Waals surface area contributed by atoms with E-state index in [1.165, 1.54) is 5.56 Å². The first-order valence-electron chi connectivity index (χ1n) is 6.14. The molecule has 2 aromatic rings. The van der Waals surface area contributed by atoms with Gasteiger partial charge in [0.1, 0.15) is 5.82 Å². The van der Waals surface area contributed by atoms with Crippen LogP contribution in [0.4, 0.5) is 5.69 Å². The molecule has 0 unspecified atom stereocenters. The molecule has 0 saturated carbocycles. The predicted octanol–water partition coefficient (Wildman–Crippen LogP) is 1.68. The van der Waals surface area contributed by atoms with Gasteiger partial charge < -0.3 is 15.2 Å². The Balaban J connectivity index is 1.86. The van der Waals surface area contributed by atoms with Gasteiger partial charge in [0.05, 0.1) is 0 Å². The molecule has 1 heterocycles. The third-order valence-electron chi connectivity index (χ3n) is 3.04. The molecule has 0 aliphatic carbocycles. The Bertz CT molecular complexity index is 504. The molecular formula is C14H20N4. The van der Waals surface area contributed by atoms with E-state index in [2.05, 4.69) is 27.6 Å². The Morgan fingerprint density at radius 1 is 1.39 bits per heavy atom. The quantitative estimate of drug-likeness (QED) is 0.814. The Morgan fingerprint density at radius 2 is 2.22 bits per heavy atom. The third kappa shape index (κ3) is 3.34. The fourth-order valence-electron chi connectivity index (χ4n) is 2.01. The van der Waals surface area contributed by atoms with Crippen LogP contribution in [0.2, 0.25) is 0 Å². The number of imidazole rings is 1. The summed E-state index contributed by atoms with van der Waals surface area (Å²) in [6, 6.07) is 8.04. The minimum atomic E-state index is 0.824. The van der Waals surface area contributed by atoms with E-state index in [1.54, 1.807) is 0 Å². The van der Waals surface area contributed by atoms with Crippen molar-refractivity contribution in [1.82, 2.24) is 14.5 Å². The van der Waals surface area contributed by atoms with Crippen molar-refractivity contribution in [2.45, 2.75) is 13.0 Å². The lowest BCUT2D eigenvalue weighted by Gasteiger charge is -2.16. The average Bonchev–Trinajstić information content (AvgIpc) is 2.72. The van der Waals surface area contributed by atoms with Crippen LogP contribution < -0.4 is 5.73 Å². The second-order valence-electron chi connectivity index (χ2n) is 4.69. The Labute approximate surface area is 108 Å². The molecule has 4 heteroatoms. The van der Waals surface area contributed by atoms with Crippen molar-refractivity contribution in [2.24, 2.45) is 7.05 Å². The predicted molar refractivity (Wildman–Crippen MR) is 74.1 cm³/mol. The highest BCUT2D eigenvalue weighted by molar-refractivity contribution is 5.40. The van der Waals surface area contributed by atoms with Gasteiger partial charge in [-0.25, -0.2) is 4.98 Å². The monoisotopic (exact) mass is 244 g/mol. The van der Waals surface area contributed by atoms with Gasteiger partial charge in [0, 0.05) is 44.6 Å². The zero-order valence-electron chi connectivity index (χ0n) is 11.0. The maximum absolute atomic E-state index is 5.77. The van der Waals surface area contributed by atoms with Gasteiger partial charge in [0.2, 0.25) is 0 Å². The van der Waals surface area contributed by atoms with Crippen LogP contribution in [0.5, 0.6) is 0 Å². The summed E-state index contributed by atoms with van der Waals surface area (Å²) >= 11 is 0. The van der Waals surface area contributed by atoms with Crippen LogP contribution in [0, 0.1) is 0 Å². The van der Waals surface area contributed by atoms with Gasteiger partial charge in [-0.05, 0) is 24.7 Å². The van der Waals surface area contributed by atoms with Gasteiger partial charge in [-0.15, -0.1) is 0 Å². The summed E-state index contributed by atoms with van der Waals surface area (Å²) < 4.78 is 2.06. The van der Waals surface area contributed by atoms with Crippen LogP contribution in [0.15, 0.2) is 36.7 Å². The van der Waals surface area contributed by atoms with Gasteiger partial charge in [-0.3, -0.25) is 0 Å².